The molecule has 0 radical (unpaired) electrons. The summed E-state index contributed by atoms with van der Waals surface area (Å²) in [6, 6.07) is 12.8. The maximum absolute atomic E-state index is 8.60. The van der Waals surface area contributed by atoms with Gasteiger partial charge >= 0.3 is 0 Å². The lowest BCUT2D eigenvalue weighted by molar-refractivity contribution is 0.801. The van der Waals surface area contributed by atoms with Crippen molar-refractivity contribution >= 4 is 11.6 Å². The SMILES string of the molecule is N#CC(C#N)C(Cl)c1ccccc1. The molecule has 0 heterocycles. The maximum Gasteiger partial charge on any atom is 0.153 e. The van der Waals surface area contributed by atoms with E-state index >= 15 is 0 Å². The average Bonchev–Trinajstić information content (AvgIpc) is 2.21. The summed E-state index contributed by atoms with van der Waals surface area (Å²) in [5.41, 5.74) is 0.803. The Hall–Kier alpha value is -1.51. The number of benzene rings is 1. The number of rotatable bonds is 2. The molecule has 1 aromatic rings. The van der Waals surface area contributed by atoms with Crippen LogP contribution < -0.4 is 0 Å². The van der Waals surface area contributed by atoms with Crippen LogP contribution >= 0.6 is 11.6 Å². The highest BCUT2D eigenvalue weighted by atomic mass is 35.5. The zero-order chi connectivity index (χ0) is 9.68. The zero-order valence-corrected chi connectivity index (χ0v) is 7.57. The number of hydrogen-bond acceptors (Lipinski definition) is 2. The maximum atomic E-state index is 8.60. The van der Waals surface area contributed by atoms with Gasteiger partial charge in [-0.2, -0.15) is 10.5 Å². The van der Waals surface area contributed by atoms with Gasteiger partial charge < -0.3 is 0 Å². The minimum absolute atomic E-state index is 0.545. The van der Waals surface area contributed by atoms with Crippen LogP contribution in [-0.2, 0) is 0 Å². The van der Waals surface area contributed by atoms with Crippen LogP contribution in [0.4, 0.5) is 0 Å². The van der Waals surface area contributed by atoms with Crippen LogP contribution in [-0.4, -0.2) is 0 Å². The minimum Gasteiger partial charge on any atom is -0.197 e. The van der Waals surface area contributed by atoms with E-state index in [1.165, 1.54) is 0 Å². The molecule has 0 aliphatic carbocycles. The first-order valence-electron chi connectivity index (χ1n) is 3.78. The fraction of sp³-hybridized carbons (Fsp3) is 0.200. The van der Waals surface area contributed by atoms with Crippen LogP contribution in [0.2, 0.25) is 0 Å². The average molecular weight is 191 g/mol. The van der Waals surface area contributed by atoms with Gasteiger partial charge in [0, 0.05) is 0 Å². The molecule has 1 atom stereocenters. The molecule has 3 heteroatoms. The van der Waals surface area contributed by atoms with E-state index in [0.717, 1.165) is 5.56 Å². The summed E-state index contributed by atoms with van der Waals surface area (Å²) in [5.74, 6) is -0.788. The van der Waals surface area contributed by atoms with Gasteiger partial charge in [0.2, 0.25) is 0 Å². The van der Waals surface area contributed by atoms with E-state index in [1.54, 1.807) is 12.1 Å². The first kappa shape index (κ1) is 9.58. The third-order valence-electron chi connectivity index (χ3n) is 1.69. The van der Waals surface area contributed by atoms with Crippen molar-refractivity contribution in [2.24, 2.45) is 5.92 Å². The summed E-state index contributed by atoms with van der Waals surface area (Å²) in [5, 5.41) is 16.7. The predicted molar refractivity (Wildman–Crippen MR) is 49.8 cm³/mol. The Labute approximate surface area is 82.0 Å². The molecular formula is C10H7ClN2. The van der Waals surface area contributed by atoms with Crippen molar-refractivity contribution in [3.63, 3.8) is 0 Å². The Bertz CT molecular complexity index is 333. The summed E-state index contributed by atoms with van der Waals surface area (Å²) < 4.78 is 0. The fourth-order valence-electron chi connectivity index (χ4n) is 0.989. The smallest absolute Gasteiger partial charge is 0.153 e. The Morgan fingerprint density at radius 2 is 1.62 bits per heavy atom. The summed E-state index contributed by atoms with van der Waals surface area (Å²) in [6.07, 6.45) is 0. The van der Waals surface area contributed by atoms with Crippen molar-refractivity contribution in [2.75, 3.05) is 0 Å². The van der Waals surface area contributed by atoms with E-state index in [2.05, 4.69) is 0 Å². The minimum atomic E-state index is -0.788. The molecule has 1 aromatic carbocycles. The molecule has 0 aliphatic heterocycles. The van der Waals surface area contributed by atoms with Crippen LogP contribution in [0, 0.1) is 28.6 Å². The van der Waals surface area contributed by atoms with Crippen molar-refractivity contribution in [1.29, 1.82) is 10.5 Å². The zero-order valence-electron chi connectivity index (χ0n) is 6.81. The third-order valence-corrected chi connectivity index (χ3v) is 2.19. The van der Waals surface area contributed by atoms with Crippen molar-refractivity contribution in [3.05, 3.63) is 35.9 Å². The highest BCUT2D eigenvalue weighted by molar-refractivity contribution is 6.21. The van der Waals surface area contributed by atoms with E-state index in [1.807, 2.05) is 30.3 Å². The highest BCUT2D eigenvalue weighted by Gasteiger charge is 2.19. The van der Waals surface area contributed by atoms with E-state index < -0.39 is 11.3 Å². The van der Waals surface area contributed by atoms with Crippen molar-refractivity contribution in [1.82, 2.24) is 0 Å². The van der Waals surface area contributed by atoms with Gasteiger partial charge in [-0.05, 0) is 5.56 Å². The Kier molecular flexibility index (Phi) is 3.31. The fourth-order valence-corrected chi connectivity index (χ4v) is 1.25. The van der Waals surface area contributed by atoms with Gasteiger partial charge in [-0.15, -0.1) is 11.6 Å². The van der Waals surface area contributed by atoms with Gasteiger partial charge in [-0.3, -0.25) is 0 Å². The third kappa shape index (κ3) is 2.21. The topological polar surface area (TPSA) is 47.6 Å². The second kappa shape index (κ2) is 4.50. The molecule has 1 unspecified atom stereocenters. The molecule has 2 nitrogen and oxygen atoms in total. The standard InChI is InChI=1S/C10H7ClN2/c11-10(9(6-12)7-13)8-4-2-1-3-5-8/h1-5,9-10H. The van der Waals surface area contributed by atoms with E-state index in [-0.39, 0.29) is 0 Å². The molecule has 0 bridgehead atoms. The molecule has 0 fully saturated rings. The van der Waals surface area contributed by atoms with Gasteiger partial charge in [0.15, 0.2) is 5.92 Å². The molecule has 0 aromatic heterocycles. The Morgan fingerprint density at radius 3 is 2.08 bits per heavy atom. The second-order valence-electron chi connectivity index (χ2n) is 2.55. The normalized spacial score (nSPS) is 11.7. The molecular weight excluding hydrogens is 184 g/mol. The number of alkyl halides is 1. The van der Waals surface area contributed by atoms with Crippen LogP contribution in [0.15, 0.2) is 30.3 Å². The molecule has 0 aliphatic rings. The summed E-state index contributed by atoms with van der Waals surface area (Å²) >= 11 is 5.93. The van der Waals surface area contributed by atoms with Crippen LogP contribution in [0.5, 0.6) is 0 Å². The largest absolute Gasteiger partial charge is 0.197 e. The summed E-state index contributed by atoms with van der Waals surface area (Å²) in [7, 11) is 0. The molecule has 0 saturated heterocycles. The first-order chi connectivity index (χ1) is 6.29. The van der Waals surface area contributed by atoms with Crippen LogP contribution in [0.25, 0.3) is 0 Å². The highest BCUT2D eigenvalue weighted by Crippen LogP contribution is 2.27. The lowest BCUT2D eigenvalue weighted by Gasteiger charge is -2.08. The molecule has 13 heavy (non-hydrogen) atoms. The number of nitriles is 2. The summed E-state index contributed by atoms with van der Waals surface area (Å²) in [6.45, 7) is 0. The molecule has 0 spiro atoms. The van der Waals surface area contributed by atoms with Gasteiger partial charge in [-0.25, -0.2) is 0 Å². The molecule has 0 N–H and O–H groups in total. The van der Waals surface area contributed by atoms with E-state index in [4.69, 9.17) is 22.1 Å². The number of hydrogen-bond donors (Lipinski definition) is 0. The van der Waals surface area contributed by atoms with E-state index in [0.29, 0.717) is 0 Å². The molecule has 1 rings (SSSR count). The van der Waals surface area contributed by atoms with Crippen LogP contribution in [0.1, 0.15) is 10.9 Å². The van der Waals surface area contributed by atoms with Crippen molar-refractivity contribution in [2.45, 2.75) is 5.38 Å². The van der Waals surface area contributed by atoms with Gasteiger partial charge in [0.05, 0.1) is 17.5 Å². The lowest BCUT2D eigenvalue weighted by Crippen LogP contribution is -2.02. The predicted octanol–water partition coefficient (Wildman–Crippen LogP) is 2.63. The number of nitrogens with zero attached hydrogens (tertiary/aromatic N) is 2. The van der Waals surface area contributed by atoms with Crippen molar-refractivity contribution < 1.29 is 0 Å². The Morgan fingerprint density at radius 1 is 1.08 bits per heavy atom. The second-order valence-corrected chi connectivity index (χ2v) is 3.02. The van der Waals surface area contributed by atoms with Crippen molar-refractivity contribution in [3.8, 4) is 12.1 Å². The first-order valence-corrected chi connectivity index (χ1v) is 4.21. The summed E-state index contributed by atoms with van der Waals surface area (Å²) in [4.78, 5) is 0. The van der Waals surface area contributed by atoms with Crippen LogP contribution in [0.3, 0.4) is 0 Å². The lowest BCUT2D eigenvalue weighted by atomic mass is 10.0. The number of halogens is 1. The molecule has 0 saturated carbocycles. The van der Waals surface area contributed by atoms with Gasteiger partial charge in [-0.1, -0.05) is 30.3 Å². The molecule has 64 valence electrons. The van der Waals surface area contributed by atoms with Gasteiger partial charge in [0.1, 0.15) is 0 Å². The Balaban J connectivity index is 2.87. The quantitative estimate of drug-likeness (QED) is 0.673. The van der Waals surface area contributed by atoms with Gasteiger partial charge in [0.25, 0.3) is 0 Å². The van der Waals surface area contributed by atoms with E-state index in [9.17, 15) is 0 Å². The monoisotopic (exact) mass is 190 g/mol. The molecule has 0 amide bonds.